The molecular formula is C20H28OSi2. The summed E-state index contributed by atoms with van der Waals surface area (Å²) in [5.74, 6) is 0. The molecule has 1 nitrogen and oxygen atoms in total. The molecule has 23 heavy (non-hydrogen) atoms. The van der Waals surface area contributed by atoms with Crippen LogP contribution in [0.25, 0.3) is 0 Å². The zero-order chi connectivity index (χ0) is 16.1. The van der Waals surface area contributed by atoms with E-state index in [1.54, 1.807) is 0 Å². The fourth-order valence-electron chi connectivity index (χ4n) is 3.74. The van der Waals surface area contributed by atoms with Gasteiger partial charge in [0.05, 0.1) is 0 Å². The lowest BCUT2D eigenvalue weighted by Crippen LogP contribution is -2.53. The quantitative estimate of drug-likeness (QED) is 0.745. The Labute approximate surface area is 143 Å². The molecule has 0 radical (unpaired) electrons. The van der Waals surface area contributed by atoms with E-state index >= 15 is 0 Å². The fourth-order valence-corrected chi connectivity index (χ4v) is 11.4. The Balaban J connectivity index is 1.86. The summed E-state index contributed by atoms with van der Waals surface area (Å²) in [4.78, 5) is 0. The van der Waals surface area contributed by atoms with Crippen LogP contribution >= 0.6 is 0 Å². The first-order valence-electron chi connectivity index (χ1n) is 8.95. The van der Waals surface area contributed by atoms with Gasteiger partial charge in [0.1, 0.15) is 0 Å². The smallest absolute Gasteiger partial charge is 0.205 e. The summed E-state index contributed by atoms with van der Waals surface area (Å²) < 4.78 is 7.03. The molecule has 0 unspecified atom stereocenters. The van der Waals surface area contributed by atoms with E-state index in [2.05, 4.69) is 73.8 Å². The molecule has 3 rings (SSSR count). The lowest BCUT2D eigenvalue weighted by molar-refractivity contribution is 0.460. The maximum absolute atomic E-state index is 7.03. The van der Waals surface area contributed by atoms with E-state index < -0.39 is 17.4 Å². The third kappa shape index (κ3) is 4.22. The highest BCUT2D eigenvalue weighted by molar-refractivity contribution is 6.91. The molecule has 2 aromatic rings. The number of hydrogen-bond donors (Lipinski definition) is 0. The van der Waals surface area contributed by atoms with E-state index in [4.69, 9.17) is 4.12 Å². The van der Waals surface area contributed by atoms with Crippen molar-refractivity contribution in [1.82, 2.24) is 0 Å². The summed E-state index contributed by atoms with van der Waals surface area (Å²) in [5.41, 5.74) is 0.807. The summed E-state index contributed by atoms with van der Waals surface area (Å²) in [5, 5.41) is 2.92. The molecule has 0 spiro atoms. The Morgan fingerprint density at radius 2 is 1.39 bits per heavy atom. The van der Waals surface area contributed by atoms with Gasteiger partial charge in [-0.05, 0) is 29.0 Å². The fraction of sp³-hybridized carbons (Fsp3) is 0.400. The second-order valence-corrected chi connectivity index (χ2v) is 14.2. The minimum absolute atomic E-state index is 0.807. The minimum Gasteiger partial charge on any atom is -0.451 e. The van der Waals surface area contributed by atoms with Crippen LogP contribution in [0.5, 0.6) is 0 Å². The first-order valence-corrected chi connectivity index (χ1v) is 13.6. The number of benzene rings is 2. The van der Waals surface area contributed by atoms with Crippen molar-refractivity contribution < 1.29 is 4.12 Å². The largest absolute Gasteiger partial charge is 0.451 e. The SMILES string of the molecule is C[Si](C)(O[Si@H](c1ccccc1)C1CCCCC1)c1ccccc1. The van der Waals surface area contributed by atoms with Crippen LogP contribution in [0.15, 0.2) is 60.7 Å². The van der Waals surface area contributed by atoms with E-state index in [0.29, 0.717) is 0 Å². The van der Waals surface area contributed by atoms with Crippen LogP contribution in [0.4, 0.5) is 0 Å². The second kappa shape index (κ2) is 7.60. The third-order valence-corrected chi connectivity index (χ3v) is 12.8. The Kier molecular flexibility index (Phi) is 5.51. The van der Waals surface area contributed by atoms with Gasteiger partial charge in [-0.2, -0.15) is 0 Å². The van der Waals surface area contributed by atoms with Crippen LogP contribution in [-0.2, 0) is 4.12 Å². The molecule has 1 aliphatic carbocycles. The molecule has 122 valence electrons. The lowest BCUT2D eigenvalue weighted by atomic mass is 10.0. The summed E-state index contributed by atoms with van der Waals surface area (Å²) in [6, 6.07) is 22.0. The summed E-state index contributed by atoms with van der Waals surface area (Å²) >= 11 is 0. The van der Waals surface area contributed by atoms with Crippen molar-refractivity contribution in [2.45, 2.75) is 50.7 Å². The van der Waals surface area contributed by atoms with Gasteiger partial charge >= 0.3 is 0 Å². The molecule has 1 atom stereocenters. The van der Waals surface area contributed by atoms with Gasteiger partial charge in [-0.3, -0.25) is 0 Å². The van der Waals surface area contributed by atoms with Crippen LogP contribution in [0, 0.1) is 0 Å². The minimum atomic E-state index is -1.85. The van der Waals surface area contributed by atoms with E-state index in [9.17, 15) is 0 Å². The highest BCUT2D eigenvalue weighted by Gasteiger charge is 2.35. The molecule has 0 amide bonds. The summed E-state index contributed by atoms with van der Waals surface area (Å²) in [6.45, 7) is 4.74. The van der Waals surface area contributed by atoms with Crippen molar-refractivity contribution in [1.29, 1.82) is 0 Å². The van der Waals surface area contributed by atoms with Crippen LogP contribution in [0.2, 0.25) is 18.6 Å². The molecule has 0 bridgehead atoms. The number of rotatable bonds is 5. The average Bonchev–Trinajstić information content (AvgIpc) is 2.62. The lowest BCUT2D eigenvalue weighted by Gasteiger charge is -2.35. The highest BCUT2D eigenvalue weighted by Crippen LogP contribution is 2.32. The normalized spacial score (nSPS) is 17.8. The van der Waals surface area contributed by atoms with Gasteiger partial charge in [-0.25, -0.2) is 0 Å². The molecule has 1 aliphatic rings. The Morgan fingerprint density at radius 3 is 2.00 bits per heavy atom. The van der Waals surface area contributed by atoms with Gasteiger partial charge < -0.3 is 4.12 Å². The van der Waals surface area contributed by atoms with Crippen LogP contribution in [0.1, 0.15) is 32.1 Å². The van der Waals surface area contributed by atoms with Gasteiger partial charge in [0.2, 0.25) is 8.32 Å². The molecule has 0 aliphatic heterocycles. The van der Waals surface area contributed by atoms with Crippen molar-refractivity contribution in [3.63, 3.8) is 0 Å². The molecular weight excluding hydrogens is 312 g/mol. The molecule has 1 fully saturated rings. The van der Waals surface area contributed by atoms with Crippen molar-refractivity contribution in [2.24, 2.45) is 0 Å². The van der Waals surface area contributed by atoms with Crippen molar-refractivity contribution in [3.05, 3.63) is 60.7 Å². The first kappa shape index (κ1) is 16.7. The highest BCUT2D eigenvalue weighted by atomic mass is 28.4. The van der Waals surface area contributed by atoms with Gasteiger partial charge in [-0.15, -0.1) is 0 Å². The maximum atomic E-state index is 7.03. The molecule has 0 N–H and O–H groups in total. The van der Waals surface area contributed by atoms with Crippen molar-refractivity contribution >= 4 is 27.7 Å². The van der Waals surface area contributed by atoms with Crippen LogP contribution in [-0.4, -0.2) is 17.4 Å². The monoisotopic (exact) mass is 340 g/mol. The van der Waals surface area contributed by atoms with E-state index in [1.165, 1.54) is 42.5 Å². The summed E-state index contributed by atoms with van der Waals surface area (Å²) in [6.07, 6.45) is 6.91. The van der Waals surface area contributed by atoms with Gasteiger partial charge in [-0.1, -0.05) is 92.8 Å². The average molecular weight is 341 g/mol. The molecule has 3 heteroatoms. The predicted molar refractivity (Wildman–Crippen MR) is 105 cm³/mol. The zero-order valence-corrected chi connectivity index (χ0v) is 16.5. The van der Waals surface area contributed by atoms with Crippen LogP contribution < -0.4 is 10.4 Å². The molecule has 2 aromatic carbocycles. The van der Waals surface area contributed by atoms with E-state index in [0.717, 1.165) is 5.54 Å². The third-order valence-electron chi connectivity index (χ3n) is 5.10. The molecule has 0 aromatic heterocycles. The van der Waals surface area contributed by atoms with Gasteiger partial charge in [0.25, 0.3) is 0 Å². The van der Waals surface area contributed by atoms with Crippen molar-refractivity contribution in [3.8, 4) is 0 Å². The Bertz CT molecular complexity index is 592. The van der Waals surface area contributed by atoms with Crippen LogP contribution in [0.3, 0.4) is 0 Å². The number of hydrogen-bond acceptors (Lipinski definition) is 1. The van der Waals surface area contributed by atoms with E-state index in [-0.39, 0.29) is 0 Å². The van der Waals surface area contributed by atoms with Gasteiger partial charge in [0, 0.05) is 0 Å². The molecule has 0 saturated heterocycles. The predicted octanol–water partition coefficient (Wildman–Crippen LogP) is 4.08. The Morgan fingerprint density at radius 1 is 0.826 bits per heavy atom. The van der Waals surface area contributed by atoms with Gasteiger partial charge in [0.15, 0.2) is 9.04 Å². The Hall–Kier alpha value is -1.17. The second-order valence-electron chi connectivity index (χ2n) is 7.22. The van der Waals surface area contributed by atoms with Crippen molar-refractivity contribution in [2.75, 3.05) is 0 Å². The van der Waals surface area contributed by atoms with E-state index in [1.807, 2.05) is 0 Å². The molecule has 1 saturated carbocycles. The summed E-state index contributed by atoms with van der Waals surface area (Å²) in [7, 11) is -3.25. The molecule has 0 heterocycles. The standard InChI is InChI=1S/C20H28OSi2/c1-23(2,20-16-10-5-11-17-20)21-22(18-12-6-3-7-13-18)19-14-8-4-9-15-19/h3,5-7,10-13,16-17,19,22H,4,8-9,14-15H2,1-2H3/t22-/m1/s1. The first-order chi connectivity index (χ1) is 11.2. The zero-order valence-electron chi connectivity index (χ0n) is 14.4. The topological polar surface area (TPSA) is 9.23 Å². The maximum Gasteiger partial charge on any atom is 0.205 e.